The molecule has 1 aliphatic carbocycles. The first kappa shape index (κ1) is 18.7. The number of halogens is 1. The summed E-state index contributed by atoms with van der Waals surface area (Å²) in [5.41, 5.74) is 1.57. The van der Waals surface area contributed by atoms with Gasteiger partial charge in [0.25, 0.3) is 5.91 Å². The first-order chi connectivity index (χ1) is 13.0. The number of urea groups is 1. The summed E-state index contributed by atoms with van der Waals surface area (Å²) < 4.78 is 0. The van der Waals surface area contributed by atoms with Gasteiger partial charge >= 0.3 is 6.03 Å². The highest BCUT2D eigenvalue weighted by Crippen LogP contribution is 2.19. The molecule has 2 aromatic carbocycles. The van der Waals surface area contributed by atoms with Crippen LogP contribution in [0, 0.1) is 0 Å². The number of hydrogen-bond donors (Lipinski definition) is 4. The second kappa shape index (κ2) is 8.55. The molecule has 0 atom stereocenters. The summed E-state index contributed by atoms with van der Waals surface area (Å²) in [5.74, 6) is -0.744. The Kier molecular flexibility index (Phi) is 5.93. The molecule has 7 nitrogen and oxygen atoms in total. The molecule has 0 heterocycles. The summed E-state index contributed by atoms with van der Waals surface area (Å²) in [5, 5.41) is 11.2. The Balaban J connectivity index is 1.44. The lowest BCUT2D eigenvalue weighted by atomic mass is 10.2. The van der Waals surface area contributed by atoms with Crippen LogP contribution in [0.25, 0.3) is 0 Å². The van der Waals surface area contributed by atoms with E-state index in [-0.39, 0.29) is 30.4 Å². The summed E-state index contributed by atoms with van der Waals surface area (Å²) in [6.45, 7) is -0.171. The van der Waals surface area contributed by atoms with Crippen molar-refractivity contribution < 1.29 is 14.4 Å². The van der Waals surface area contributed by atoms with Gasteiger partial charge in [-0.2, -0.15) is 0 Å². The SMILES string of the molecule is O=C(CNC(=O)c1cccc(Cl)c1)Nc1ccc(NC(=O)NC2CC2)cc1. The average molecular weight is 387 g/mol. The minimum absolute atomic E-state index is 0.171. The number of hydrogen-bond acceptors (Lipinski definition) is 3. The van der Waals surface area contributed by atoms with E-state index in [0.29, 0.717) is 22.0 Å². The van der Waals surface area contributed by atoms with Crippen molar-refractivity contribution in [2.45, 2.75) is 18.9 Å². The van der Waals surface area contributed by atoms with E-state index in [0.717, 1.165) is 12.8 Å². The number of rotatable bonds is 6. The Morgan fingerprint density at radius 1 is 0.963 bits per heavy atom. The molecule has 0 spiro atoms. The van der Waals surface area contributed by atoms with Gasteiger partial charge in [0.15, 0.2) is 0 Å². The van der Waals surface area contributed by atoms with Crippen LogP contribution in [0.1, 0.15) is 23.2 Å². The minimum atomic E-state index is -0.381. The molecular weight excluding hydrogens is 368 g/mol. The van der Waals surface area contributed by atoms with Crippen molar-refractivity contribution in [3.63, 3.8) is 0 Å². The van der Waals surface area contributed by atoms with E-state index in [1.807, 2.05) is 0 Å². The lowest BCUT2D eigenvalue weighted by Crippen LogP contribution is -2.32. The fraction of sp³-hybridized carbons (Fsp3) is 0.211. The minimum Gasteiger partial charge on any atom is -0.343 e. The van der Waals surface area contributed by atoms with E-state index in [9.17, 15) is 14.4 Å². The van der Waals surface area contributed by atoms with Crippen LogP contribution < -0.4 is 21.3 Å². The van der Waals surface area contributed by atoms with Crippen LogP contribution in [0.4, 0.5) is 16.2 Å². The van der Waals surface area contributed by atoms with Crippen LogP contribution in [0.5, 0.6) is 0 Å². The number of nitrogens with one attached hydrogen (secondary N) is 4. The van der Waals surface area contributed by atoms with Crippen LogP contribution in [0.15, 0.2) is 48.5 Å². The first-order valence-corrected chi connectivity index (χ1v) is 8.88. The molecule has 3 rings (SSSR count). The molecule has 2 aromatic rings. The van der Waals surface area contributed by atoms with E-state index in [2.05, 4.69) is 21.3 Å². The molecule has 140 valence electrons. The monoisotopic (exact) mass is 386 g/mol. The van der Waals surface area contributed by atoms with Crippen molar-refractivity contribution in [3.8, 4) is 0 Å². The van der Waals surface area contributed by atoms with Gasteiger partial charge in [-0.3, -0.25) is 9.59 Å². The molecule has 0 bridgehead atoms. The summed E-state index contributed by atoms with van der Waals surface area (Å²) in [4.78, 5) is 35.6. The summed E-state index contributed by atoms with van der Waals surface area (Å²) in [6.07, 6.45) is 2.04. The maximum absolute atomic E-state index is 12.0. The summed E-state index contributed by atoms with van der Waals surface area (Å²) >= 11 is 5.84. The zero-order chi connectivity index (χ0) is 19.2. The number of benzene rings is 2. The van der Waals surface area contributed by atoms with Gasteiger partial charge in [0, 0.05) is 28.0 Å². The second-order valence-corrected chi connectivity index (χ2v) is 6.63. The molecule has 0 unspecified atom stereocenters. The van der Waals surface area contributed by atoms with E-state index in [4.69, 9.17) is 11.6 Å². The number of carbonyl (C=O) groups is 3. The Hall–Kier alpha value is -3.06. The maximum atomic E-state index is 12.0. The third-order valence-corrected chi connectivity index (χ3v) is 4.07. The fourth-order valence-corrected chi connectivity index (χ4v) is 2.50. The van der Waals surface area contributed by atoms with Gasteiger partial charge in [0.2, 0.25) is 5.91 Å². The van der Waals surface area contributed by atoms with Gasteiger partial charge in [-0.05, 0) is 55.3 Å². The Labute approximate surface area is 161 Å². The predicted octanol–water partition coefficient (Wildman–Crippen LogP) is 2.99. The van der Waals surface area contributed by atoms with Crippen molar-refractivity contribution in [1.29, 1.82) is 0 Å². The summed E-state index contributed by atoms with van der Waals surface area (Å²) in [7, 11) is 0. The number of anilines is 2. The molecule has 27 heavy (non-hydrogen) atoms. The van der Waals surface area contributed by atoms with Gasteiger partial charge < -0.3 is 21.3 Å². The van der Waals surface area contributed by atoms with E-state index in [1.54, 1.807) is 42.5 Å². The smallest absolute Gasteiger partial charge is 0.319 e. The topological polar surface area (TPSA) is 99.3 Å². The van der Waals surface area contributed by atoms with E-state index in [1.165, 1.54) is 6.07 Å². The van der Waals surface area contributed by atoms with Crippen molar-refractivity contribution in [2.24, 2.45) is 0 Å². The molecule has 1 saturated carbocycles. The van der Waals surface area contributed by atoms with Crippen molar-refractivity contribution in [3.05, 3.63) is 59.1 Å². The van der Waals surface area contributed by atoms with Gasteiger partial charge in [-0.1, -0.05) is 17.7 Å². The quantitative estimate of drug-likeness (QED) is 0.614. The molecule has 4 amide bonds. The highest BCUT2D eigenvalue weighted by Gasteiger charge is 2.23. The molecule has 0 saturated heterocycles. The lowest BCUT2D eigenvalue weighted by Gasteiger charge is -2.09. The molecule has 0 aromatic heterocycles. The van der Waals surface area contributed by atoms with Crippen LogP contribution in [0.3, 0.4) is 0 Å². The van der Waals surface area contributed by atoms with E-state index >= 15 is 0 Å². The van der Waals surface area contributed by atoms with Gasteiger partial charge in [0.1, 0.15) is 0 Å². The maximum Gasteiger partial charge on any atom is 0.319 e. The van der Waals surface area contributed by atoms with Crippen LogP contribution in [-0.2, 0) is 4.79 Å². The fourth-order valence-electron chi connectivity index (χ4n) is 2.31. The van der Waals surface area contributed by atoms with Crippen LogP contribution in [0.2, 0.25) is 5.02 Å². The van der Waals surface area contributed by atoms with Gasteiger partial charge in [-0.25, -0.2) is 4.79 Å². The van der Waals surface area contributed by atoms with Crippen molar-refractivity contribution in [2.75, 3.05) is 17.2 Å². The first-order valence-electron chi connectivity index (χ1n) is 8.51. The Bertz CT molecular complexity index is 850. The number of carbonyl (C=O) groups excluding carboxylic acids is 3. The Morgan fingerprint density at radius 2 is 1.63 bits per heavy atom. The largest absolute Gasteiger partial charge is 0.343 e. The molecule has 4 N–H and O–H groups in total. The summed E-state index contributed by atoms with van der Waals surface area (Å²) in [6, 6.07) is 13.2. The zero-order valence-electron chi connectivity index (χ0n) is 14.4. The normalized spacial score (nSPS) is 12.8. The molecule has 0 radical (unpaired) electrons. The zero-order valence-corrected chi connectivity index (χ0v) is 15.2. The van der Waals surface area contributed by atoms with Crippen molar-refractivity contribution >= 4 is 40.8 Å². The Morgan fingerprint density at radius 3 is 2.26 bits per heavy atom. The lowest BCUT2D eigenvalue weighted by molar-refractivity contribution is -0.115. The molecular formula is C19H19ClN4O3. The van der Waals surface area contributed by atoms with Gasteiger partial charge in [-0.15, -0.1) is 0 Å². The average Bonchev–Trinajstić information content (AvgIpc) is 3.45. The highest BCUT2D eigenvalue weighted by molar-refractivity contribution is 6.31. The van der Waals surface area contributed by atoms with E-state index < -0.39 is 0 Å². The third-order valence-electron chi connectivity index (χ3n) is 3.84. The third kappa shape index (κ3) is 6.00. The van der Waals surface area contributed by atoms with Crippen LogP contribution >= 0.6 is 11.6 Å². The highest BCUT2D eigenvalue weighted by atomic mass is 35.5. The molecule has 0 aliphatic heterocycles. The molecule has 1 aliphatic rings. The predicted molar refractivity (Wildman–Crippen MR) is 104 cm³/mol. The second-order valence-electron chi connectivity index (χ2n) is 6.19. The van der Waals surface area contributed by atoms with Gasteiger partial charge in [0.05, 0.1) is 6.54 Å². The molecule has 8 heteroatoms. The van der Waals surface area contributed by atoms with Crippen molar-refractivity contribution in [1.82, 2.24) is 10.6 Å². The molecule has 1 fully saturated rings. The number of amides is 4. The standard InChI is InChI=1S/C19H19ClN4O3/c20-13-3-1-2-12(10-13)18(26)21-11-17(25)22-14-4-6-15(7-5-14)23-19(27)24-16-8-9-16/h1-7,10,16H,8-9,11H2,(H,21,26)(H,22,25)(H2,23,24,27). The van der Waals surface area contributed by atoms with Crippen LogP contribution in [-0.4, -0.2) is 30.4 Å².